The Balaban J connectivity index is 1.86. The van der Waals surface area contributed by atoms with Crippen molar-refractivity contribution < 1.29 is 23.4 Å². The number of nitrogens with one attached hydrogen (secondary N) is 1. The van der Waals surface area contributed by atoms with Crippen LogP contribution in [0.5, 0.6) is 5.75 Å². The number of hydrogen-bond acceptors (Lipinski definition) is 3. The third-order valence-corrected chi connectivity index (χ3v) is 3.23. The Kier molecular flexibility index (Phi) is 5.65. The number of carbonyl (C=O) groups is 1. The minimum atomic E-state index is -1.05. The van der Waals surface area contributed by atoms with Crippen molar-refractivity contribution in [1.82, 2.24) is 5.32 Å². The minimum absolute atomic E-state index is 0.0221. The van der Waals surface area contributed by atoms with Crippen LogP contribution in [0, 0.1) is 11.6 Å². The van der Waals surface area contributed by atoms with Crippen molar-refractivity contribution in [1.29, 1.82) is 0 Å². The fourth-order valence-corrected chi connectivity index (χ4v) is 1.94. The summed E-state index contributed by atoms with van der Waals surface area (Å²) in [5.74, 6) is -2.45. The molecule has 0 radical (unpaired) electrons. The van der Waals surface area contributed by atoms with Gasteiger partial charge in [0.05, 0.1) is 6.10 Å². The van der Waals surface area contributed by atoms with E-state index in [1.165, 1.54) is 13.0 Å². The molecule has 0 bridgehead atoms. The van der Waals surface area contributed by atoms with Crippen molar-refractivity contribution in [3.63, 3.8) is 0 Å². The maximum absolute atomic E-state index is 13.1. The van der Waals surface area contributed by atoms with Crippen molar-refractivity contribution in [2.75, 3.05) is 6.54 Å². The monoisotopic (exact) mass is 321 g/mol. The molecule has 2 aromatic rings. The van der Waals surface area contributed by atoms with Gasteiger partial charge in [-0.05, 0) is 24.6 Å². The zero-order valence-electron chi connectivity index (χ0n) is 12.5. The Morgan fingerprint density at radius 3 is 2.52 bits per heavy atom. The average Bonchev–Trinajstić information content (AvgIpc) is 2.56. The highest BCUT2D eigenvalue weighted by Crippen LogP contribution is 2.17. The Hall–Kier alpha value is -2.47. The van der Waals surface area contributed by atoms with Gasteiger partial charge in [-0.1, -0.05) is 30.3 Å². The summed E-state index contributed by atoms with van der Waals surface area (Å²) < 4.78 is 31.2. The van der Waals surface area contributed by atoms with Gasteiger partial charge in [0, 0.05) is 12.6 Å². The topological polar surface area (TPSA) is 58.6 Å². The van der Waals surface area contributed by atoms with Crippen LogP contribution in [0.2, 0.25) is 0 Å². The van der Waals surface area contributed by atoms with Gasteiger partial charge in [0.1, 0.15) is 5.75 Å². The summed E-state index contributed by atoms with van der Waals surface area (Å²) in [5.41, 5.74) is 0.682. The molecule has 0 aliphatic heterocycles. The molecular weight excluding hydrogens is 304 g/mol. The number of halogens is 2. The lowest BCUT2D eigenvalue weighted by Crippen LogP contribution is -2.38. The molecule has 2 rings (SSSR count). The third-order valence-electron chi connectivity index (χ3n) is 3.23. The SMILES string of the molecule is C[C@H](Oc1ccc(F)c(F)c1)C(=O)NC[C@@H](O)c1ccccc1. The predicted molar refractivity (Wildman–Crippen MR) is 80.9 cm³/mol. The van der Waals surface area contributed by atoms with Gasteiger partial charge in [0.25, 0.3) is 5.91 Å². The predicted octanol–water partition coefficient (Wildman–Crippen LogP) is 2.58. The Labute approximate surface area is 132 Å². The van der Waals surface area contributed by atoms with E-state index in [0.29, 0.717) is 5.56 Å². The molecule has 2 N–H and O–H groups in total. The molecule has 0 aromatic heterocycles. The molecule has 122 valence electrons. The number of amides is 1. The van der Waals surface area contributed by atoms with Crippen LogP contribution in [0.25, 0.3) is 0 Å². The summed E-state index contributed by atoms with van der Waals surface area (Å²) >= 11 is 0. The highest BCUT2D eigenvalue weighted by Gasteiger charge is 2.17. The first-order valence-electron chi connectivity index (χ1n) is 7.10. The molecule has 0 aliphatic carbocycles. The van der Waals surface area contributed by atoms with E-state index in [4.69, 9.17) is 4.74 Å². The van der Waals surface area contributed by atoms with E-state index in [-0.39, 0.29) is 12.3 Å². The molecule has 0 unspecified atom stereocenters. The standard InChI is InChI=1S/C17H17F2NO3/c1-11(23-13-7-8-14(18)15(19)9-13)17(22)20-10-16(21)12-5-3-2-4-6-12/h2-9,11,16,21H,10H2,1H3,(H,20,22)/t11-,16+/m0/s1. The third kappa shape index (κ3) is 4.75. The lowest BCUT2D eigenvalue weighted by atomic mass is 10.1. The minimum Gasteiger partial charge on any atom is -0.481 e. The van der Waals surface area contributed by atoms with Gasteiger partial charge in [-0.25, -0.2) is 8.78 Å². The Bertz CT molecular complexity index is 664. The van der Waals surface area contributed by atoms with Crippen molar-refractivity contribution in [2.45, 2.75) is 19.1 Å². The summed E-state index contributed by atoms with van der Waals surface area (Å²) in [6.45, 7) is 1.50. The van der Waals surface area contributed by atoms with E-state index in [2.05, 4.69) is 5.32 Å². The van der Waals surface area contributed by atoms with E-state index in [1.54, 1.807) is 24.3 Å². The van der Waals surface area contributed by atoms with Crippen molar-refractivity contribution in [3.8, 4) is 5.75 Å². The highest BCUT2D eigenvalue weighted by atomic mass is 19.2. The van der Waals surface area contributed by atoms with Crippen LogP contribution < -0.4 is 10.1 Å². The molecule has 23 heavy (non-hydrogen) atoms. The first-order valence-corrected chi connectivity index (χ1v) is 7.10. The first-order chi connectivity index (χ1) is 11.0. The van der Waals surface area contributed by atoms with E-state index in [9.17, 15) is 18.7 Å². The molecule has 4 nitrogen and oxygen atoms in total. The fourth-order valence-electron chi connectivity index (χ4n) is 1.94. The smallest absolute Gasteiger partial charge is 0.260 e. The van der Waals surface area contributed by atoms with Crippen LogP contribution in [-0.4, -0.2) is 23.7 Å². The molecule has 0 fully saturated rings. The zero-order chi connectivity index (χ0) is 16.8. The second-order valence-electron chi connectivity index (χ2n) is 5.01. The largest absolute Gasteiger partial charge is 0.481 e. The molecule has 2 aromatic carbocycles. The van der Waals surface area contributed by atoms with Gasteiger partial charge < -0.3 is 15.2 Å². The van der Waals surface area contributed by atoms with Crippen LogP contribution in [0.15, 0.2) is 48.5 Å². The molecule has 6 heteroatoms. The lowest BCUT2D eigenvalue weighted by Gasteiger charge is -2.17. The number of carbonyl (C=O) groups excluding carboxylic acids is 1. The molecule has 0 saturated heterocycles. The van der Waals surface area contributed by atoms with E-state index in [1.807, 2.05) is 6.07 Å². The van der Waals surface area contributed by atoms with Crippen molar-refractivity contribution in [2.24, 2.45) is 0 Å². The van der Waals surface area contributed by atoms with Crippen LogP contribution in [0.3, 0.4) is 0 Å². The van der Waals surface area contributed by atoms with Crippen LogP contribution in [-0.2, 0) is 4.79 Å². The zero-order valence-corrected chi connectivity index (χ0v) is 12.5. The van der Waals surface area contributed by atoms with Gasteiger partial charge in [0.15, 0.2) is 17.7 Å². The summed E-state index contributed by atoms with van der Waals surface area (Å²) in [5, 5.41) is 12.5. The van der Waals surface area contributed by atoms with Gasteiger partial charge in [-0.2, -0.15) is 0 Å². The van der Waals surface area contributed by atoms with Crippen LogP contribution >= 0.6 is 0 Å². The quantitative estimate of drug-likeness (QED) is 0.860. The molecule has 0 heterocycles. The van der Waals surface area contributed by atoms with Gasteiger partial charge in [-0.15, -0.1) is 0 Å². The molecular formula is C17H17F2NO3. The summed E-state index contributed by atoms with van der Waals surface area (Å²) in [6, 6.07) is 11.9. The maximum atomic E-state index is 13.1. The van der Waals surface area contributed by atoms with E-state index >= 15 is 0 Å². The second-order valence-corrected chi connectivity index (χ2v) is 5.01. The van der Waals surface area contributed by atoms with E-state index < -0.39 is 29.7 Å². The lowest BCUT2D eigenvalue weighted by molar-refractivity contribution is -0.127. The second kappa shape index (κ2) is 7.69. The summed E-state index contributed by atoms with van der Waals surface area (Å²) in [4.78, 5) is 11.9. The molecule has 0 spiro atoms. The number of hydrogen-bond donors (Lipinski definition) is 2. The molecule has 0 aliphatic rings. The molecule has 0 saturated carbocycles. The van der Waals surface area contributed by atoms with Crippen LogP contribution in [0.4, 0.5) is 8.78 Å². The fraction of sp³-hybridized carbons (Fsp3) is 0.235. The van der Waals surface area contributed by atoms with Crippen LogP contribution in [0.1, 0.15) is 18.6 Å². The molecule has 1 amide bonds. The summed E-state index contributed by atoms with van der Waals surface area (Å²) in [6.07, 6.45) is -1.75. The Morgan fingerprint density at radius 1 is 1.17 bits per heavy atom. The molecule has 2 atom stereocenters. The number of aliphatic hydroxyl groups excluding tert-OH is 1. The summed E-state index contributed by atoms with van der Waals surface area (Å²) in [7, 11) is 0. The number of ether oxygens (including phenoxy) is 1. The van der Waals surface area contributed by atoms with Crippen molar-refractivity contribution in [3.05, 3.63) is 65.7 Å². The van der Waals surface area contributed by atoms with Gasteiger partial charge >= 0.3 is 0 Å². The van der Waals surface area contributed by atoms with Crippen molar-refractivity contribution >= 4 is 5.91 Å². The van der Waals surface area contributed by atoms with Gasteiger partial charge in [-0.3, -0.25) is 4.79 Å². The van der Waals surface area contributed by atoms with E-state index in [0.717, 1.165) is 12.1 Å². The average molecular weight is 321 g/mol. The number of aliphatic hydroxyl groups is 1. The number of rotatable bonds is 6. The maximum Gasteiger partial charge on any atom is 0.260 e. The normalized spacial score (nSPS) is 13.2. The Morgan fingerprint density at radius 2 is 1.87 bits per heavy atom. The highest BCUT2D eigenvalue weighted by molar-refractivity contribution is 5.80. The van der Waals surface area contributed by atoms with Gasteiger partial charge in [0.2, 0.25) is 0 Å². The first kappa shape index (κ1) is 16.9. The number of benzene rings is 2.